The van der Waals surface area contributed by atoms with Crippen LogP contribution in [-0.4, -0.2) is 37.9 Å². The number of ether oxygens (including phenoxy) is 1. The summed E-state index contributed by atoms with van der Waals surface area (Å²) >= 11 is 6.09. The van der Waals surface area contributed by atoms with Gasteiger partial charge in [0, 0.05) is 37.8 Å². The number of carbonyl (C=O) groups is 1. The Morgan fingerprint density at radius 1 is 1.43 bits per heavy atom. The average molecular weight is 310 g/mol. The van der Waals surface area contributed by atoms with E-state index in [-0.39, 0.29) is 12.5 Å². The number of carbonyl (C=O) groups excluding carboxylic acids is 1. The van der Waals surface area contributed by atoms with Crippen LogP contribution in [0.3, 0.4) is 0 Å². The number of hydrogen-bond acceptors (Lipinski definition) is 3. The first kappa shape index (κ1) is 17.5. The number of aliphatic hydroxyl groups is 1. The van der Waals surface area contributed by atoms with E-state index < -0.39 is 0 Å². The predicted molar refractivity (Wildman–Crippen MR) is 83.5 cm³/mol. The number of nitrogens with one attached hydrogen (secondary N) is 1. The van der Waals surface area contributed by atoms with Crippen molar-refractivity contribution in [3.8, 4) is 11.8 Å². The third kappa shape index (κ3) is 6.63. The van der Waals surface area contributed by atoms with Gasteiger partial charge in [-0.1, -0.05) is 23.4 Å². The maximum Gasteiger partial charge on any atom is 0.251 e. The van der Waals surface area contributed by atoms with Crippen molar-refractivity contribution < 1.29 is 14.6 Å². The second-order valence-corrected chi connectivity index (χ2v) is 4.83. The van der Waals surface area contributed by atoms with Crippen LogP contribution in [0.25, 0.3) is 0 Å². The maximum atomic E-state index is 11.9. The van der Waals surface area contributed by atoms with Crippen LogP contribution in [0, 0.1) is 11.8 Å². The van der Waals surface area contributed by atoms with E-state index in [2.05, 4.69) is 17.2 Å². The van der Waals surface area contributed by atoms with Gasteiger partial charge in [0.15, 0.2) is 0 Å². The maximum absolute atomic E-state index is 11.9. The largest absolute Gasteiger partial charge is 0.395 e. The number of amides is 1. The van der Waals surface area contributed by atoms with Crippen LogP contribution >= 0.6 is 11.6 Å². The molecule has 0 aliphatic heterocycles. The number of benzene rings is 1. The van der Waals surface area contributed by atoms with Gasteiger partial charge in [-0.05, 0) is 31.0 Å². The summed E-state index contributed by atoms with van der Waals surface area (Å²) in [4.78, 5) is 11.9. The molecule has 0 aromatic heterocycles. The van der Waals surface area contributed by atoms with Crippen molar-refractivity contribution in [2.24, 2.45) is 0 Å². The first-order valence-electron chi connectivity index (χ1n) is 6.85. The Hall–Kier alpha value is -1.54. The highest BCUT2D eigenvalue weighted by Gasteiger charge is 2.07. The molecular weight excluding hydrogens is 290 g/mol. The SMILES string of the molecule is COCCCCNC(=O)c1ccc(C#CCCO)c(Cl)c1. The molecule has 0 unspecified atom stereocenters. The molecule has 1 aromatic carbocycles. The fraction of sp³-hybridized carbons (Fsp3) is 0.438. The fourth-order valence-corrected chi connectivity index (χ4v) is 1.87. The number of methoxy groups -OCH3 is 1. The first-order valence-corrected chi connectivity index (χ1v) is 7.23. The van der Waals surface area contributed by atoms with E-state index in [9.17, 15) is 4.79 Å². The van der Waals surface area contributed by atoms with Crippen molar-refractivity contribution in [3.05, 3.63) is 34.3 Å². The minimum atomic E-state index is -0.149. The van der Waals surface area contributed by atoms with E-state index in [0.717, 1.165) is 12.8 Å². The van der Waals surface area contributed by atoms with Crippen LogP contribution in [-0.2, 0) is 4.74 Å². The average Bonchev–Trinajstić information content (AvgIpc) is 2.48. The molecule has 1 aromatic rings. The predicted octanol–water partition coefficient (Wildman–Crippen LogP) is 2.23. The molecule has 0 aliphatic rings. The topological polar surface area (TPSA) is 58.6 Å². The summed E-state index contributed by atoms with van der Waals surface area (Å²) in [7, 11) is 1.66. The van der Waals surface area contributed by atoms with Gasteiger partial charge in [-0.15, -0.1) is 0 Å². The minimum Gasteiger partial charge on any atom is -0.395 e. The molecule has 0 saturated heterocycles. The molecule has 0 aliphatic carbocycles. The lowest BCUT2D eigenvalue weighted by atomic mass is 10.1. The Bertz CT molecular complexity index is 520. The number of rotatable bonds is 7. The quantitative estimate of drug-likeness (QED) is 0.600. The summed E-state index contributed by atoms with van der Waals surface area (Å²) in [6.07, 6.45) is 2.19. The molecule has 5 heteroatoms. The molecule has 0 heterocycles. The number of hydrogen-bond donors (Lipinski definition) is 2. The number of unbranched alkanes of at least 4 members (excludes halogenated alkanes) is 1. The molecule has 0 spiro atoms. The van der Waals surface area contributed by atoms with E-state index in [4.69, 9.17) is 21.4 Å². The lowest BCUT2D eigenvalue weighted by Gasteiger charge is -2.06. The molecule has 0 fully saturated rings. The normalized spacial score (nSPS) is 9.86. The first-order chi connectivity index (χ1) is 10.2. The molecule has 2 N–H and O–H groups in total. The lowest BCUT2D eigenvalue weighted by molar-refractivity contribution is 0.0951. The van der Waals surface area contributed by atoms with Crippen LogP contribution in [0.2, 0.25) is 5.02 Å². The smallest absolute Gasteiger partial charge is 0.251 e. The highest BCUT2D eigenvalue weighted by molar-refractivity contribution is 6.32. The zero-order chi connectivity index (χ0) is 15.5. The monoisotopic (exact) mass is 309 g/mol. The molecule has 0 bridgehead atoms. The van der Waals surface area contributed by atoms with Gasteiger partial charge in [-0.3, -0.25) is 4.79 Å². The summed E-state index contributed by atoms with van der Waals surface area (Å²) in [5, 5.41) is 11.9. The summed E-state index contributed by atoms with van der Waals surface area (Å²) in [5.41, 5.74) is 1.17. The van der Waals surface area contributed by atoms with Gasteiger partial charge in [0.2, 0.25) is 0 Å². The Morgan fingerprint density at radius 3 is 2.90 bits per heavy atom. The Morgan fingerprint density at radius 2 is 2.24 bits per heavy atom. The molecular formula is C16H20ClNO3. The summed E-state index contributed by atoms with van der Waals surface area (Å²) < 4.78 is 4.94. The van der Waals surface area contributed by atoms with Crippen molar-refractivity contribution in [2.75, 3.05) is 26.9 Å². The number of halogens is 1. The zero-order valence-corrected chi connectivity index (χ0v) is 12.9. The molecule has 0 radical (unpaired) electrons. The van der Waals surface area contributed by atoms with Crippen LogP contribution in [0.4, 0.5) is 0 Å². The van der Waals surface area contributed by atoms with Crippen LogP contribution < -0.4 is 5.32 Å². The minimum absolute atomic E-state index is 0.0220. The standard InChI is InChI=1S/C16H20ClNO3/c1-21-11-5-3-9-18-16(20)14-8-7-13(15(17)12-14)6-2-4-10-19/h7-8,12,19H,3-5,9-11H2,1H3,(H,18,20). The molecule has 0 saturated carbocycles. The molecule has 114 valence electrons. The van der Waals surface area contributed by atoms with Gasteiger partial charge < -0.3 is 15.2 Å². The van der Waals surface area contributed by atoms with E-state index in [1.807, 2.05) is 0 Å². The Balaban J connectivity index is 2.54. The van der Waals surface area contributed by atoms with Crippen molar-refractivity contribution in [2.45, 2.75) is 19.3 Å². The molecule has 21 heavy (non-hydrogen) atoms. The summed E-state index contributed by atoms with van der Waals surface area (Å²) in [6, 6.07) is 5.01. The Kier molecular flexibility index (Phi) is 8.53. The van der Waals surface area contributed by atoms with Crippen molar-refractivity contribution in [1.29, 1.82) is 0 Å². The van der Waals surface area contributed by atoms with Crippen molar-refractivity contribution >= 4 is 17.5 Å². The van der Waals surface area contributed by atoms with Gasteiger partial charge in [0.05, 0.1) is 11.6 Å². The van der Waals surface area contributed by atoms with Crippen LogP contribution in [0.15, 0.2) is 18.2 Å². The van der Waals surface area contributed by atoms with Gasteiger partial charge >= 0.3 is 0 Å². The van der Waals surface area contributed by atoms with Crippen LogP contribution in [0.1, 0.15) is 35.2 Å². The highest BCUT2D eigenvalue weighted by Crippen LogP contribution is 2.17. The van der Waals surface area contributed by atoms with Crippen molar-refractivity contribution in [1.82, 2.24) is 5.32 Å². The van der Waals surface area contributed by atoms with Gasteiger partial charge in [0.25, 0.3) is 5.91 Å². The van der Waals surface area contributed by atoms with Gasteiger partial charge in [0.1, 0.15) is 0 Å². The zero-order valence-electron chi connectivity index (χ0n) is 12.1. The third-order valence-corrected chi connectivity index (χ3v) is 3.06. The highest BCUT2D eigenvalue weighted by atomic mass is 35.5. The van der Waals surface area contributed by atoms with Crippen LogP contribution in [0.5, 0.6) is 0 Å². The van der Waals surface area contributed by atoms with E-state index in [1.165, 1.54) is 0 Å². The second-order valence-electron chi connectivity index (χ2n) is 4.43. The van der Waals surface area contributed by atoms with Gasteiger partial charge in [-0.2, -0.15) is 0 Å². The summed E-state index contributed by atoms with van der Waals surface area (Å²) in [5.74, 6) is 5.51. The Labute approximate surface area is 130 Å². The summed E-state index contributed by atoms with van der Waals surface area (Å²) in [6.45, 7) is 1.33. The fourth-order valence-electron chi connectivity index (χ4n) is 1.65. The molecule has 1 rings (SSSR count). The third-order valence-electron chi connectivity index (χ3n) is 2.75. The molecule has 1 amide bonds. The van der Waals surface area contributed by atoms with E-state index in [1.54, 1.807) is 25.3 Å². The lowest BCUT2D eigenvalue weighted by Crippen LogP contribution is -2.24. The van der Waals surface area contributed by atoms with Gasteiger partial charge in [-0.25, -0.2) is 0 Å². The second kappa shape index (κ2) is 10.2. The van der Waals surface area contributed by atoms with E-state index in [0.29, 0.717) is 35.7 Å². The van der Waals surface area contributed by atoms with E-state index >= 15 is 0 Å². The molecule has 4 nitrogen and oxygen atoms in total. The van der Waals surface area contributed by atoms with Crippen molar-refractivity contribution in [3.63, 3.8) is 0 Å². The molecule has 0 atom stereocenters. The number of aliphatic hydroxyl groups excluding tert-OH is 1.